The highest BCUT2D eigenvalue weighted by atomic mass is 16.2. The van der Waals surface area contributed by atoms with Gasteiger partial charge in [-0.15, -0.1) is 0 Å². The average Bonchev–Trinajstić information content (AvgIpc) is 2.17. The van der Waals surface area contributed by atoms with Gasteiger partial charge >= 0.3 is 0 Å². The number of hydrogen-bond donors (Lipinski definition) is 0. The third kappa shape index (κ3) is 2.80. The van der Waals surface area contributed by atoms with Crippen molar-refractivity contribution in [1.29, 1.82) is 5.26 Å². The molecule has 1 atom stereocenters. The largest absolute Gasteiger partial charge is 0.332 e. The summed E-state index contributed by atoms with van der Waals surface area (Å²) in [6.45, 7) is 7.69. The molecule has 0 N–H and O–H groups in total. The SMILES string of the molecule is C=C(C)C(=O)N1CCN(C)CC1CC#N. The van der Waals surface area contributed by atoms with Crippen LogP contribution >= 0.6 is 0 Å². The van der Waals surface area contributed by atoms with Crippen molar-refractivity contribution >= 4 is 5.91 Å². The van der Waals surface area contributed by atoms with Crippen molar-refractivity contribution in [3.8, 4) is 6.07 Å². The monoisotopic (exact) mass is 207 g/mol. The molecule has 1 aliphatic rings. The molecule has 1 saturated heterocycles. The van der Waals surface area contributed by atoms with E-state index in [0.29, 0.717) is 18.5 Å². The second-order valence-corrected chi connectivity index (χ2v) is 4.06. The molecule has 15 heavy (non-hydrogen) atoms. The molecule has 82 valence electrons. The van der Waals surface area contributed by atoms with Gasteiger partial charge in [-0.25, -0.2) is 0 Å². The quantitative estimate of drug-likeness (QED) is 0.624. The lowest BCUT2D eigenvalue weighted by atomic mass is 10.1. The zero-order valence-electron chi connectivity index (χ0n) is 9.36. The van der Waals surface area contributed by atoms with Gasteiger partial charge in [0, 0.05) is 25.2 Å². The Labute approximate surface area is 90.8 Å². The highest BCUT2D eigenvalue weighted by molar-refractivity contribution is 5.92. The van der Waals surface area contributed by atoms with E-state index >= 15 is 0 Å². The molecule has 0 saturated carbocycles. The Morgan fingerprint density at radius 1 is 1.60 bits per heavy atom. The fraction of sp³-hybridized carbons (Fsp3) is 0.636. The van der Waals surface area contributed by atoms with Crippen LogP contribution in [-0.2, 0) is 4.79 Å². The fourth-order valence-corrected chi connectivity index (χ4v) is 1.80. The Morgan fingerprint density at radius 3 is 2.80 bits per heavy atom. The van der Waals surface area contributed by atoms with Crippen molar-refractivity contribution in [2.24, 2.45) is 0 Å². The van der Waals surface area contributed by atoms with Crippen LogP contribution in [0.1, 0.15) is 13.3 Å². The maximum atomic E-state index is 11.8. The van der Waals surface area contributed by atoms with Gasteiger partial charge in [0.25, 0.3) is 0 Å². The number of carbonyl (C=O) groups excluding carboxylic acids is 1. The number of amides is 1. The summed E-state index contributed by atoms with van der Waals surface area (Å²) in [4.78, 5) is 15.7. The zero-order chi connectivity index (χ0) is 11.4. The number of nitrogens with zero attached hydrogens (tertiary/aromatic N) is 3. The minimum Gasteiger partial charge on any atom is -0.332 e. The number of carbonyl (C=O) groups is 1. The lowest BCUT2D eigenvalue weighted by molar-refractivity contribution is -0.131. The molecule has 1 heterocycles. The number of likely N-dealkylation sites (N-methyl/N-ethyl adjacent to an activating group) is 1. The maximum Gasteiger partial charge on any atom is 0.249 e. The number of piperazine rings is 1. The Morgan fingerprint density at radius 2 is 2.27 bits per heavy atom. The molecule has 4 heteroatoms. The molecule has 1 fully saturated rings. The van der Waals surface area contributed by atoms with Crippen molar-refractivity contribution < 1.29 is 4.79 Å². The van der Waals surface area contributed by atoms with Crippen molar-refractivity contribution in [2.75, 3.05) is 26.7 Å². The molecule has 0 aromatic rings. The summed E-state index contributed by atoms with van der Waals surface area (Å²) in [5.74, 6) is -0.0247. The summed E-state index contributed by atoms with van der Waals surface area (Å²) in [7, 11) is 2.01. The molecule has 1 aliphatic heterocycles. The van der Waals surface area contributed by atoms with Gasteiger partial charge in [0.1, 0.15) is 0 Å². The Kier molecular flexibility index (Phi) is 3.87. The molecule has 0 aromatic carbocycles. The van der Waals surface area contributed by atoms with Crippen LogP contribution in [0.3, 0.4) is 0 Å². The maximum absolute atomic E-state index is 11.8. The van der Waals surface area contributed by atoms with E-state index in [1.807, 2.05) is 7.05 Å². The predicted octanol–water partition coefficient (Wildman–Crippen LogP) is 0.619. The van der Waals surface area contributed by atoms with E-state index in [9.17, 15) is 4.79 Å². The van der Waals surface area contributed by atoms with E-state index < -0.39 is 0 Å². The molecule has 1 rings (SSSR count). The smallest absolute Gasteiger partial charge is 0.249 e. The number of nitriles is 1. The van der Waals surface area contributed by atoms with Crippen LogP contribution in [0.5, 0.6) is 0 Å². The molecule has 0 bridgehead atoms. The van der Waals surface area contributed by atoms with E-state index in [2.05, 4.69) is 17.5 Å². The summed E-state index contributed by atoms with van der Waals surface area (Å²) >= 11 is 0. The van der Waals surface area contributed by atoms with Crippen molar-refractivity contribution in [2.45, 2.75) is 19.4 Å². The molecule has 1 unspecified atom stereocenters. The molecule has 0 spiro atoms. The molecule has 0 radical (unpaired) electrons. The molecule has 0 aliphatic carbocycles. The lowest BCUT2D eigenvalue weighted by Gasteiger charge is -2.39. The first kappa shape index (κ1) is 11.7. The second kappa shape index (κ2) is 4.94. The van der Waals surface area contributed by atoms with Gasteiger partial charge in [-0.1, -0.05) is 6.58 Å². The molecule has 1 amide bonds. The third-order valence-electron chi connectivity index (χ3n) is 2.64. The van der Waals surface area contributed by atoms with E-state index in [1.54, 1.807) is 11.8 Å². The standard InChI is InChI=1S/C11H17N3O/c1-9(2)11(15)14-7-6-13(3)8-10(14)4-5-12/h10H,1,4,6-8H2,2-3H3. The minimum atomic E-state index is -0.0247. The van der Waals surface area contributed by atoms with Crippen LogP contribution in [0.15, 0.2) is 12.2 Å². The van der Waals surface area contributed by atoms with Gasteiger partial charge in [-0.2, -0.15) is 5.26 Å². The van der Waals surface area contributed by atoms with Crippen LogP contribution < -0.4 is 0 Å². The normalized spacial score (nSPS) is 22.2. The van der Waals surface area contributed by atoms with Gasteiger partial charge in [0.2, 0.25) is 5.91 Å². The topological polar surface area (TPSA) is 47.3 Å². The zero-order valence-corrected chi connectivity index (χ0v) is 9.36. The van der Waals surface area contributed by atoms with Gasteiger partial charge in [0.05, 0.1) is 18.5 Å². The fourth-order valence-electron chi connectivity index (χ4n) is 1.80. The van der Waals surface area contributed by atoms with Crippen molar-refractivity contribution in [1.82, 2.24) is 9.80 Å². The van der Waals surface area contributed by atoms with Gasteiger partial charge in [-0.05, 0) is 14.0 Å². The van der Waals surface area contributed by atoms with Crippen LogP contribution in [0.2, 0.25) is 0 Å². The van der Waals surface area contributed by atoms with Crippen LogP contribution in [0.4, 0.5) is 0 Å². The van der Waals surface area contributed by atoms with Crippen LogP contribution in [0.25, 0.3) is 0 Å². The van der Waals surface area contributed by atoms with Crippen molar-refractivity contribution in [3.05, 3.63) is 12.2 Å². The van der Waals surface area contributed by atoms with E-state index in [1.165, 1.54) is 0 Å². The van der Waals surface area contributed by atoms with E-state index in [-0.39, 0.29) is 11.9 Å². The Hall–Kier alpha value is -1.34. The first-order chi connectivity index (χ1) is 7.06. The summed E-state index contributed by atoms with van der Waals surface area (Å²) in [5, 5.41) is 8.71. The van der Waals surface area contributed by atoms with Gasteiger partial charge in [-0.3, -0.25) is 4.79 Å². The minimum absolute atomic E-state index is 0.0120. The van der Waals surface area contributed by atoms with E-state index in [0.717, 1.165) is 13.1 Å². The highest BCUT2D eigenvalue weighted by Gasteiger charge is 2.28. The number of hydrogen-bond acceptors (Lipinski definition) is 3. The van der Waals surface area contributed by atoms with Crippen LogP contribution in [0, 0.1) is 11.3 Å². The first-order valence-corrected chi connectivity index (χ1v) is 5.08. The van der Waals surface area contributed by atoms with Gasteiger partial charge in [0.15, 0.2) is 0 Å². The Bertz CT molecular complexity index is 305. The predicted molar refractivity (Wildman–Crippen MR) is 58.0 cm³/mol. The van der Waals surface area contributed by atoms with E-state index in [4.69, 9.17) is 5.26 Å². The second-order valence-electron chi connectivity index (χ2n) is 4.06. The number of rotatable bonds is 2. The van der Waals surface area contributed by atoms with Crippen LogP contribution in [-0.4, -0.2) is 48.4 Å². The molecule has 4 nitrogen and oxygen atoms in total. The Balaban J connectivity index is 2.73. The molecule has 0 aromatic heterocycles. The molecular weight excluding hydrogens is 190 g/mol. The third-order valence-corrected chi connectivity index (χ3v) is 2.64. The summed E-state index contributed by atoms with van der Waals surface area (Å²) in [5.41, 5.74) is 0.544. The highest BCUT2D eigenvalue weighted by Crippen LogP contribution is 2.13. The summed E-state index contributed by atoms with van der Waals surface area (Å²) in [6, 6.07) is 2.14. The lowest BCUT2D eigenvalue weighted by Crippen LogP contribution is -2.54. The summed E-state index contributed by atoms with van der Waals surface area (Å²) < 4.78 is 0. The van der Waals surface area contributed by atoms with Crippen molar-refractivity contribution in [3.63, 3.8) is 0 Å². The average molecular weight is 207 g/mol. The summed E-state index contributed by atoms with van der Waals surface area (Å²) in [6.07, 6.45) is 0.392. The first-order valence-electron chi connectivity index (χ1n) is 5.08. The van der Waals surface area contributed by atoms with Gasteiger partial charge < -0.3 is 9.80 Å². The molecular formula is C11H17N3O.